The highest BCUT2D eigenvalue weighted by Crippen LogP contribution is 2.20. The van der Waals surface area contributed by atoms with Crippen LogP contribution in [0.15, 0.2) is 0 Å². The van der Waals surface area contributed by atoms with Crippen molar-refractivity contribution < 1.29 is 41.8 Å². The fraction of sp³-hybridized carbons (Fsp3) is 0.927. The number of nitrogens with one attached hydrogen (secondary N) is 1. The van der Waals surface area contributed by atoms with Gasteiger partial charge in [0.05, 0.1) is 12.6 Å². The van der Waals surface area contributed by atoms with Crippen molar-refractivity contribution in [3.63, 3.8) is 0 Å². The number of hydrogen-bond donors (Lipinski definition) is 1. The summed E-state index contributed by atoms with van der Waals surface area (Å²) in [6.45, 7) is 3.05. The van der Waals surface area contributed by atoms with Crippen molar-refractivity contribution in [2.24, 2.45) is 0 Å². The molecule has 1 saturated heterocycles. The first kappa shape index (κ1) is 48.0. The molecule has 0 aromatic carbocycles. The van der Waals surface area contributed by atoms with Gasteiger partial charge in [-0.3, -0.25) is 14.5 Å². The highest BCUT2D eigenvalue weighted by atomic mass is 19.4. The average Bonchev–Trinajstić information content (AvgIpc) is 3.08. The van der Waals surface area contributed by atoms with Crippen molar-refractivity contribution in [1.82, 2.24) is 10.2 Å². The third-order valence-corrected chi connectivity index (χ3v) is 9.78. The standard InChI is InChI=1S/C41H75F3N2O6/c1-3-5-7-9-11-13-15-17-19-21-23-25-27-29-38(47)50-33-37(34-51-40(49)45-36-31-46(32-36)35-41(42,43)44)52-39(48)30-28-26-24-22-20-18-16-14-12-10-8-6-4-2/h36-37H,3-35H2,1-2H3,(H,45,49). The molecule has 1 fully saturated rings. The predicted octanol–water partition coefficient (Wildman–Crippen LogP) is 11.4. The quantitative estimate of drug-likeness (QED) is 0.0392. The number of nitrogens with zero attached hydrogens (tertiary/aromatic N) is 1. The Labute approximate surface area is 314 Å². The Morgan fingerprint density at radius 1 is 0.577 bits per heavy atom. The topological polar surface area (TPSA) is 94.2 Å². The first-order valence-corrected chi connectivity index (χ1v) is 21.2. The van der Waals surface area contributed by atoms with Gasteiger partial charge in [0.15, 0.2) is 6.10 Å². The Bertz CT molecular complexity index is 885. The fourth-order valence-corrected chi connectivity index (χ4v) is 6.61. The number of alkyl carbamates (subject to hydrolysis) is 1. The Morgan fingerprint density at radius 2 is 0.942 bits per heavy atom. The van der Waals surface area contributed by atoms with Crippen LogP contribution in [0.4, 0.5) is 18.0 Å². The van der Waals surface area contributed by atoms with E-state index in [9.17, 15) is 27.6 Å². The third kappa shape index (κ3) is 30.4. The molecule has 11 heteroatoms. The molecule has 1 aliphatic rings. The molecule has 306 valence electrons. The third-order valence-electron chi connectivity index (χ3n) is 9.78. The number of amides is 1. The van der Waals surface area contributed by atoms with E-state index in [0.29, 0.717) is 6.42 Å². The summed E-state index contributed by atoms with van der Waals surface area (Å²) in [5, 5.41) is 2.53. The average molecular weight is 749 g/mol. The molecule has 0 bridgehead atoms. The number of ether oxygens (including phenoxy) is 3. The lowest BCUT2D eigenvalue weighted by Gasteiger charge is -2.39. The Morgan fingerprint density at radius 3 is 1.35 bits per heavy atom. The van der Waals surface area contributed by atoms with Crippen molar-refractivity contribution in [1.29, 1.82) is 0 Å². The van der Waals surface area contributed by atoms with Crippen LogP contribution in [0.2, 0.25) is 0 Å². The van der Waals surface area contributed by atoms with E-state index >= 15 is 0 Å². The summed E-state index contributed by atoms with van der Waals surface area (Å²) in [5.41, 5.74) is 0. The molecule has 0 spiro atoms. The minimum Gasteiger partial charge on any atom is -0.462 e. The fourth-order valence-electron chi connectivity index (χ4n) is 6.61. The van der Waals surface area contributed by atoms with E-state index in [2.05, 4.69) is 19.2 Å². The molecule has 0 saturated carbocycles. The maximum Gasteiger partial charge on any atom is 0.407 e. The van der Waals surface area contributed by atoms with E-state index in [0.717, 1.165) is 38.5 Å². The molecule has 1 amide bonds. The van der Waals surface area contributed by atoms with Crippen molar-refractivity contribution in [3.05, 3.63) is 0 Å². The van der Waals surface area contributed by atoms with Crippen LogP contribution < -0.4 is 5.32 Å². The Hall–Kier alpha value is -2.04. The van der Waals surface area contributed by atoms with Crippen LogP contribution in [0.1, 0.15) is 194 Å². The van der Waals surface area contributed by atoms with Gasteiger partial charge in [-0.2, -0.15) is 13.2 Å². The largest absolute Gasteiger partial charge is 0.462 e. The zero-order chi connectivity index (χ0) is 38.1. The van der Waals surface area contributed by atoms with E-state index < -0.39 is 36.9 Å². The zero-order valence-electron chi connectivity index (χ0n) is 33.0. The van der Waals surface area contributed by atoms with E-state index in [1.54, 1.807) is 0 Å². The van der Waals surface area contributed by atoms with E-state index in [-0.39, 0.29) is 45.1 Å². The lowest BCUT2D eigenvalue weighted by Crippen LogP contribution is -2.61. The maximum atomic E-state index is 12.6. The predicted molar refractivity (Wildman–Crippen MR) is 202 cm³/mol. The normalized spacial score (nSPS) is 14.2. The van der Waals surface area contributed by atoms with Gasteiger partial charge in [0.25, 0.3) is 0 Å². The number of carbonyl (C=O) groups is 3. The van der Waals surface area contributed by atoms with Crippen molar-refractivity contribution in [3.8, 4) is 0 Å². The summed E-state index contributed by atoms with van der Waals surface area (Å²) >= 11 is 0. The Balaban J connectivity index is 2.28. The molecule has 8 nitrogen and oxygen atoms in total. The number of halogens is 3. The lowest BCUT2D eigenvalue weighted by molar-refractivity contribution is -0.161. The van der Waals surface area contributed by atoms with Crippen LogP contribution in [-0.2, 0) is 23.8 Å². The molecule has 0 radical (unpaired) electrons. The second-order valence-electron chi connectivity index (χ2n) is 15.0. The number of alkyl halides is 3. The smallest absolute Gasteiger partial charge is 0.407 e. The van der Waals surface area contributed by atoms with Crippen LogP contribution >= 0.6 is 0 Å². The maximum absolute atomic E-state index is 12.6. The summed E-state index contributed by atoms with van der Waals surface area (Å²) in [7, 11) is 0. The van der Waals surface area contributed by atoms with Gasteiger partial charge >= 0.3 is 24.2 Å². The second kappa shape index (κ2) is 32.4. The SMILES string of the molecule is CCCCCCCCCCCCCCCC(=O)OCC(COC(=O)NC1CN(CC(F)(F)F)C1)OC(=O)CCCCCCCCCCCCCCC. The summed E-state index contributed by atoms with van der Waals surface area (Å²) in [5.74, 6) is -0.823. The molecular weight excluding hydrogens is 673 g/mol. The van der Waals surface area contributed by atoms with Gasteiger partial charge in [-0.05, 0) is 12.8 Å². The number of unbranched alkanes of at least 4 members (excludes halogenated alkanes) is 24. The highest BCUT2D eigenvalue weighted by molar-refractivity contribution is 5.70. The van der Waals surface area contributed by atoms with E-state index in [1.165, 1.54) is 127 Å². The van der Waals surface area contributed by atoms with Crippen LogP contribution in [0, 0.1) is 0 Å². The molecule has 0 aliphatic carbocycles. The molecule has 1 heterocycles. The summed E-state index contributed by atoms with van der Waals surface area (Å²) < 4.78 is 53.8. The molecule has 0 aromatic heterocycles. The molecule has 1 unspecified atom stereocenters. The molecule has 1 N–H and O–H groups in total. The number of esters is 2. The Kier molecular flexibility index (Phi) is 29.9. The van der Waals surface area contributed by atoms with Gasteiger partial charge < -0.3 is 19.5 Å². The first-order chi connectivity index (χ1) is 25.1. The summed E-state index contributed by atoms with van der Waals surface area (Å²) in [6, 6.07) is -0.454. The first-order valence-electron chi connectivity index (χ1n) is 21.2. The van der Waals surface area contributed by atoms with Crippen molar-refractivity contribution >= 4 is 18.0 Å². The molecule has 1 rings (SSSR count). The number of likely N-dealkylation sites (tertiary alicyclic amines) is 1. The molecule has 1 aliphatic heterocycles. The minimum atomic E-state index is -4.29. The minimum absolute atomic E-state index is 0.0724. The molecule has 0 aromatic rings. The van der Waals surface area contributed by atoms with Crippen LogP contribution in [0.25, 0.3) is 0 Å². The van der Waals surface area contributed by atoms with Crippen LogP contribution in [0.5, 0.6) is 0 Å². The van der Waals surface area contributed by atoms with Gasteiger partial charge in [-0.25, -0.2) is 4.79 Å². The van der Waals surface area contributed by atoms with Crippen molar-refractivity contribution in [2.45, 2.75) is 212 Å². The van der Waals surface area contributed by atoms with Gasteiger partial charge in [0.2, 0.25) is 0 Å². The summed E-state index contributed by atoms with van der Waals surface area (Å²) in [6.07, 6.45) is 25.7. The number of rotatable bonds is 35. The van der Waals surface area contributed by atoms with Gasteiger partial charge in [-0.15, -0.1) is 0 Å². The van der Waals surface area contributed by atoms with E-state index in [4.69, 9.17) is 14.2 Å². The summed E-state index contributed by atoms with van der Waals surface area (Å²) in [4.78, 5) is 38.5. The zero-order valence-corrected chi connectivity index (χ0v) is 33.0. The molecule has 52 heavy (non-hydrogen) atoms. The highest BCUT2D eigenvalue weighted by Gasteiger charge is 2.37. The molecule has 1 atom stereocenters. The number of carbonyl (C=O) groups excluding carboxylic acids is 3. The van der Waals surface area contributed by atoms with Gasteiger partial charge in [0, 0.05) is 25.9 Å². The second-order valence-corrected chi connectivity index (χ2v) is 15.0. The van der Waals surface area contributed by atoms with Crippen LogP contribution in [0.3, 0.4) is 0 Å². The van der Waals surface area contributed by atoms with Crippen LogP contribution in [-0.4, -0.2) is 74.1 Å². The monoisotopic (exact) mass is 749 g/mol. The molecular formula is C41H75F3N2O6. The van der Waals surface area contributed by atoms with E-state index in [1.807, 2.05) is 0 Å². The lowest BCUT2D eigenvalue weighted by atomic mass is 10.0. The van der Waals surface area contributed by atoms with Gasteiger partial charge in [-0.1, -0.05) is 168 Å². The van der Waals surface area contributed by atoms with Gasteiger partial charge in [0.1, 0.15) is 13.2 Å². The van der Waals surface area contributed by atoms with Crippen molar-refractivity contribution in [2.75, 3.05) is 32.8 Å². The number of hydrogen-bond acceptors (Lipinski definition) is 7.